The number of nitriles is 1. The zero-order valence-corrected chi connectivity index (χ0v) is 11.1. The molecular weight excluding hydrogens is 266 g/mol. The molecule has 1 N–H and O–H groups in total. The Morgan fingerprint density at radius 2 is 2.47 bits per heavy atom. The molecule has 1 heterocycles. The zero-order valence-electron chi connectivity index (χ0n) is 10.3. The van der Waals surface area contributed by atoms with E-state index in [0.29, 0.717) is 30.4 Å². The van der Waals surface area contributed by atoms with Gasteiger partial charge in [0.2, 0.25) is 0 Å². The summed E-state index contributed by atoms with van der Waals surface area (Å²) < 4.78 is 5.39. The summed E-state index contributed by atoms with van der Waals surface area (Å²) in [6.45, 7) is 1.63. The van der Waals surface area contributed by atoms with E-state index in [2.05, 4.69) is 11.4 Å². The molecule has 100 valence electrons. The number of hydrogen-bond donors (Lipinski definition) is 1. The van der Waals surface area contributed by atoms with Gasteiger partial charge in [-0.3, -0.25) is 4.79 Å². The Hall–Kier alpha value is -1.77. The first kappa shape index (κ1) is 13.7. The molecule has 1 unspecified atom stereocenters. The van der Waals surface area contributed by atoms with Crippen LogP contribution in [-0.4, -0.2) is 43.1 Å². The second kappa shape index (κ2) is 6.41. The summed E-state index contributed by atoms with van der Waals surface area (Å²) in [5.41, 5.74) is 0. The summed E-state index contributed by atoms with van der Waals surface area (Å²) in [4.78, 5) is 13.6. The summed E-state index contributed by atoms with van der Waals surface area (Å²) in [6, 6.07) is 8.55. The van der Waals surface area contributed by atoms with Gasteiger partial charge in [-0.2, -0.15) is 5.26 Å². The largest absolute Gasteiger partial charge is 0.484 e. The van der Waals surface area contributed by atoms with Gasteiger partial charge in [-0.25, -0.2) is 0 Å². The van der Waals surface area contributed by atoms with Gasteiger partial charge in [-0.05, 0) is 18.2 Å². The molecule has 1 amide bonds. The van der Waals surface area contributed by atoms with Crippen molar-refractivity contribution in [3.8, 4) is 11.8 Å². The molecule has 5 nitrogen and oxygen atoms in total. The van der Waals surface area contributed by atoms with Crippen LogP contribution in [0, 0.1) is 11.3 Å². The van der Waals surface area contributed by atoms with E-state index in [4.69, 9.17) is 21.6 Å². The quantitative estimate of drug-likeness (QED) is 0.898. The van der Waals surface area contributed by atoms with Gasteiger partial charge in [0.15, 0.2) is 6.61 Å². The average molecular weight is 280 g/mol. The summed E-state index contributed by atoms with van der Waals surface area (Å²) >= 11 is 5.83. The predicted octanol–water partition coefficient (Wildman–Crippen LogP) is 1.04. The lowest BCUT2D eigenvalue weighted by molar-refractivity contribution is -0.135. The third-order valence-electron chi connectivity index (χ3n) is 2.87. The van der Waals surface area contributed by atoms with E-state index in [1.807, 2.05) is 0 Å². The first-order valence-electron chi connectivity index (χ1n) is 5.99. The normalized spacial score (nSPS) is 18.7. The number of ether oxygens (including phenoxy) is 1. The SMILES string of the molecule is N#CC1CNCCN1C(=O)COc1cccc(Cl)c1. The molecule has 0 saturated carbocycles. The molecule has 0 spiro atoms. The number of halogens is 1. The Labute approximate surface area is 116 Å². The van der Waals surface area contributed by atoms with Crippen LogP contribution in [0.1, 0.15) is 0 Å². The minimum Gasteiger partial charge on any atom is -0.484 e. The van der Waals surface area contributed by atoms with E-state index < -0.39 is 6.04 Å². The molecule has 1 aliphatic rings. The second-order valence-electron chi connectivity index (χ2n) is 4.18. The van der Waals surface area contributed by atoms with Crippen LogP contribution in [-0.2, 0) is 4.79 Å². The topological polar surface area (TPSA) is 65.4 Å². The van der Waals surface area contributed by atoms with Crippen LogP contribution in [0.4, 0.5) is 0 Å². The molecule has 0 aliphatic carbocycles. The molecule has 0 bridgehead atoms. The van der Waals surface area contributed by atoms with E-state index in [1.54, 1.807) is 29.2 Å². The van der Waals surface area contributed by atoms with Gasteiger partial charge in [0, 0.05) is 24.7 Å². The van der Waals surface area contributed by atoms with Crippen LogP contribution in [0.5, 0.6) is 5.75 Å². The third-order valence-corrected chi connectivity index (χ3v) is 3.11. The van der Waals surface area contributed by atoms with Crippen LogP contribution in [0.25, 0.3) is 0 Å². The Morgan fingerprint density at radius 3 is 3.21 bits per heavy atom. The number of rotatable bonds is 3. The van der Waals surface area contributed by atoms with Gasteiger partial charge in [-0.15, -0.1) is 0 Å². The van der Waals surface area contributed by atoms with Gasteiger partial charge in [0.1, 0.15) is 11.8 Å². The maximum absolute atomic E-state index is 12.0. The zero-order chi connectivity index (χ0) is 13.7. The van der Waals surface area contributed by atoms with Crippen molar-refractivity contribution >= 4 is 17.5 Å². The molecule has 1 saturated heterocycles. The Balaban J connectivity index is 1.92. The van der Waals surface area contributed by atoms with E-state index in [0.717, 1.165) is 0 Å². The standard InChI is InChI=1S/C13H14ClN3O2/c14-10-2-1-3-12(6-10)19-9-13(18)17-5-4-16-8-11(17)7-15/h1-3,6,11,16H,4-5,8-9H2. The smallest absolute Gasteiger partial charge is 0.261 e. The maximum atomic E-state index is 12.0. The summed E-state index contributed by atoms with van der Waals surface area (Å²) in [5.74, 6) is 0.359. The fourth-order valence-electron chi connectivity index (χ4n) is 1.90. The first-order chi connectivity index (χ1) is 9.20. The third kappa shape index (κ3) is 3.60. The number of amides is 1. The Kier molecular flexibility index (Phi) is 4.61. The van der Waals surface area contributed by atoms with E-state index in [1.165, 1.54) is 0 Å². The van der Waals surface area contributed by atoms with Gasteiger partial charge < -0.3 is 15.0 Å². The highest BCUT2D eigenvalue weighted by atomic mass is 35.5. The van der Waals surface area contributed by atoms with Gasteiger partial charge in [-0.1, -0.05) is 17.7 Å². The minimum absolute atomic E-state index is 0.0848. The molecule has 0 aromatic heterocycles. The van der Waals surface area contributed by atoms with Crippen molar-refractivity contribution in [3.05, 3.63) is 29.3 Å². The Morgan fingerprint density at radius 1 is 1.63 bits per heavy atom. The van der Waals surface area contributed by atoms with Crippen molar-refractivity contribution in [2.75, 3.05) is 26.2 Å². The first-order valence-corrected chi connectivity index (χ1v) is 6.36. The number of nitrogens with one attached hydrogen (secondary N) is 1. The number of hydrogen-bond acceptors (Lipinski definition) is 4. The minimum atomic E-state index is -0.427. The average Bonchev–Trinajstić information content (AvgIpc) is 2.45. The van der Waals surface area contributed by atoms with Crippen molar-refractivity contribution in [1.29, 1.82) is 5.26 Å². The highest BCUT2D eigenvalue weighted by Gasteiger charge is 2.26. The van der Waals surface area contributed by atoms with Crippen molar-refractivity contribution in [3.63, 3.8) is 0 Å². The van der Waals surface area contributed by atoms with Gasteiger partial charge in [0.25, 0.3) is 5.91 Å². The summed E-state index contributed by atoms with van der Waals surface area (Å²) in [6.07, 6.45) is 0. The molecule has 2 rings (SSSR count). The molecule has 0 radical (unpaired) electrons. The molecule has 1 aromatic carbocycles. The second-order valence-corrected chi connectivity index (χ2v) is 4.62. The molecule has 1 aliphatic heterocycles. The maximum Gasteiger partial charge on any atom is 0.261 e. The number of carbonyl (C=O) groups is 1. The molecule has 1 atom stereocenters. The highest BCUT2D eigenvalue weighted by molar-refractivity contribution is 6.30. The molecular formula is C13H14ClN3O2. The van der Waals surface area contributed by atoms with Crippen molar-refractivity contribution in [2.45, 2.75) is 6.04 Å². The predicted molar refractivity (Wildman–Crippen MR) is 70.9 cm³/mol. The van der Waals surface area contributed by atoms with Crippen molar-refractivity contribution in [2.24, 2.45) is 0 Å². The lowest BCUT2D eigenvalue weighted by Gasteiger charge is -2.31. The monoisotopic (exact) mass is 279 g/mol. The van der Waals surface area contributed by atoms with Crippen LogP contribution < -0.4 is 10.1 Å². The number of nitrogens with zero attached hydrogens (tertiary/aromatic N) is 2. The van der Waals surface area contributed by atoms with Crippen LogP contribution in [0.2, 0.25) is 5.02 Å². The highest BCUT2D eigenvalue weighted by Crippen LogP contribution is 2.17. The lowest BCUT2D eigenvalue weighted by atomic mass is 10.2. The van der Waals surface area contributed by atoms with Crippen LogP contribution in [0.15, 0.2) is 24.3 Å². The van der Waals surface area contributed by atoms with E-state index in [-0.39, 0.29) is 12.5 Å². The van der Waals surface area contributed by atoms with Gasteiger partial charge >= 0.3 is 0 Å². The fraction of sp³-hybridized carbons (Fsp3) is 0.385. The fourth-order valence-corrected chi connectivity index (χ4v) is 2.08. The van der Waals surface area contributed by atoms with Crippen molar-refractivity contribution < 1.29 is 9.53 Å². The molecule has 6 heteroatoms. The Bertz CT molecular complexity index is 501. The van der Waals surface area contributed by atoms with Crippen molar-refractivity contribution in [1.82, 2.24) is 10.2 Å². The molecule has 1 fully saturated rings. The van der Waals surface area contributed by atoms with E-state index in [9.17, 15) is 4.79 Å². The number of piperazine rings is 1. The summed E-state index contributed by atoms with van der Waals surface area (Å²) in [7, 11) is 0. The van der Waals surface area contributed by atoms with Crippen LogP contribution in [0.3, 0.4) is 0 Å². The summed E-state index contributed by atoms with van der Waals surface area (Å²) in [5, 5.41) is 12.6. The lowest BCUT2D eigenvalue weighted by Crippen LogP contribution is -2.54. The number of carbonyl (C=O) groups excluding carboxylic acids is 1. The number of benzene rings is 1. The van der Waals surface area contributed by atoms with Gasteiger partial charge in [0.05, 0.1) is 6.07 Å². The molecule has 1 aromatic rings. The molecule has 19 heavy (non-hydrogen) atoms. The van der Waals surface area contributed by atoms with E-state index >= 15 is 0 Å². The van der Waals surface area contributed by atoms with Crippen LogP contribution >= 0.6 is 11.6 Å².